The van der Waals surface area contributed by atoms with Gasteiger partial charge in [-0.25, -0.2) is 0 Å². The lowest BCUT2D eigenvalue weighted by atomic mass is 10.4. The topological polar surface area (TPSA) is 34.1 Å². The van der Waals surface area contributed by atoms with Gasteiger partial charge < -0.3 is 0 Å². The van der Waals surface area contributed by atoms with Crippen molar-refractivity contribution in [2.75, 3.05) is 0 Å². The molecule has 0 saturated heterocycles. The van der Waals surface area contributed by atoms with Crippen molar-refractivity contribution in [3.05, 3.63) is 30.3 Å². The van der Waals surface area contributed by atoms with Gasteiger partial charge in [0, 0.05) is 4.90 Å². The number of rotatable bonds is 3. The standard InChI is InChI=1S/C7H5F3O2S2/c8-7(9,14(10,11)12)13-6-4-2-1-3-5-6/h1-5H. The average molecular weight is 242 g/mol. The van der Waals surface area contributed by atoms with E-state index in [0.717, 1.165) is 0 Å². The molecule has 0 amide bonds. The zero-order valence-electron chi connectivity index (χ0n) is 6.65. The molecule has 0 unspecified atom stereocenters. The molecule has 0 radical (unpaired) electrons. The smallest absolute Gasteiger partial charge is 0.187 e. The van der Waals surface area contributed by atoms with Gasteiger partial charge in [0.15, 0.2) is 0 Å². The van der Waals surface area contributed by atoms with Crippen LogP contribution >= 0.6 is 11.8 Å². The van der Waals surface area contributed by atoms with Crippen LogP contribution in [0.3, 0.4) is 0 Å². The number of halogens is 3. The van der Waals surface area contributed by atoms with Gasteiger partial charge in [-0.05, 0) is 23.9 Å². The molecule has 1 aromatic carbocycles. The maximum absolute atomic E-state index is 12.6. The van der Waals surface area contributed by atoms with Gasteiger partial charge in [0.2, 0.25) is 0 Å². The van der Waals surface area contributed by atoms with Crippen molar-refractivity contribution >= 4 is 22.0 Å². The van der Waals surface area contributed by atoms with E-state index in [1.54, 1.807) is 6.07 Å². The summed E-state index contributed by atoms with van der Waals surface area (Å²) in [5, 5.41) is 0. The molecule has 0 spiro atoms. The third-order valence-corrected chi connectivity index (χ3v) is 3.42. The van der Waals surface area contributed by atoms with Gasteiger partial charge in [-0.1, -0.05) is 22.1 Å². The Morgan fingerprint density at radius 1 is 1.14 bits per heavy atom. The normalized spacial score (nSPS) is 12.8. The number of alkyl halides is 2. The highest BCUT2D eigenvalue weighted by Crippen LogP contribution is 2.40. The summed E-state index contributed by atoms with van der Waals surface area (Å²) in [6.07, 6.45) is 0. The minimum Gasteiger partial charge on any atom is -0.187 e. The first-order chi connectivity index (χ1) is 6.33. The Balaban J connectivity index is 2.90. The lowest BCUT2D eigenvalue weighted by molar-refractivity contribution is 0.188. The maximum atomic E-state index is 12.6. The fourth-order valence-corrected chi connectivity index (χ4v) is 1.93. The first-order valence-electron chi connectivity index (χ1n) is 3.39. The van der Waals surface area contributed by atoms with Crippen molar-refractivity contribution < 1.29 is 21.1 Å². The Morgan fingerprint density at radius 3 is 2.07 bits per heavy atom. The highest BCUT2D eigenvalue weighted by atomic mass is 32.3. The maximum Gasteiger partial charge on any atom is 0.426 e. The van der Waals surface area contributed by atoms with Crippen LogP contribution in [0, 0.1) is 0 Å². The van der Waals surface area contributed by atoms with E-state index < -0.39 is 14.8 Å². The summed E-state index contributed by atoms with van der Waals surface area (Å²) in [5.41, 5.74) is 0. The molecular formula is C7H5F3O2S2. The van der Waals surface area contributed by atoms with E-state index in [-0.39, 0.29) is 16.7 Å². The number of benzene rings is 1. The minimum atomic E-state index is -5.87. The van der Waals surface area contributed by atoms with E-state index in [4.69, 9.17) is 0 Å². The van der Waals surface area contributed by atoms with E-state index in [2.05, 4.69) is 0 Å². The predicted molar refractivity (Wildman–Crippen MR) is 47.3 cm³/mol. The monoisotopic (exact) mass is 242 g/mol. The fraction of sp³-hybridized carbons (Fsp3) is 0.143. The van der Waals surface area contributed by atoms with Crippen LogP contribution in [0.4, 0.5) is 12.7 Å². The second-order valence-electron chi connectivity index (χ2n) is 2.32. The molecule has 0 N–H and O–H groups in total. The van der Waals surface area contributed by atoms with Crippen molar-refractivity contribution in [2.45, 2.75) is 9.48 Å². The van der Waals surface area contributed by atoms with Crippen LogP contribution in [0.1, 0.15) is 0 Å². The minimum absolute atomic E-state index is 0.0151. The molecule has 0 saturated carbocycles. The second-order valence-corrected chi connectivity index (χ2v) is 5.15. The number of hydrogen-bond acceptors (Lipinski definition) is 3. The Hall–Kier alpha value is -0.690. The second kappa shape index (κ2) is 3.82. The molecule has 0 aromatic heterocycles. The molecule has 1 rings (SSSR count). The summed E-state index contributed by atoms with van der Waals surface area (Å²) in [5.74, 6) is 0. The highest BCUT2D eigenvalue weighted by Gasteiger charge is 2.47. The fourth-order valence-electron chi connectivity index (χ4n) is 0.676. The summed E-state index contributed by atoms with van der Waals surface area (Å²) in [6.45, 7) is 0. The molecule has 0 fully saturated rings. The van der Waals surface area contributed by atoms with E-state index in [1.807, 2.05) is 0 Å². The molecule has 78 valence electrons. The molecule has 7 heteroatoms. The van der Waals surface area contributed by atoms with Crippen LogP contribution in [0.5, 0.6) is 0 Å². The lowest BCUT2D eigenvalue weighted by Gasteiger charge is -2.09. The van der Waals surface area contributed by atoms with Crippen LogP contribution in [0.2, 0.25) is 0 Å². The molecule has 0 aliphatic rings. The summed E-state index contributed by atoms with van der Waals surface area (Å²) in [4.78, 5) is -0.0151. The first kappa shape index (κ1) is 11.4. The van der Waals surface area contributed by atoms with Crippen LogP contribution in [0.25, 0.3) is 0 Å². The van der Waals surface area contributed by atoms with Gasteiger partial charge in [0.05, 0.1) is 0 Å². The van der Waals surface area contributed by atoms with Crippen molar-refractivity contribution in [3.63, 3.8) is 0 Å². The summed E-state index contributed by atoms with van der Waals surface area (Å²) in [6, 6.07) is 7.01. The molecule has 0 bridgehead atoms. The lowest BCUT2D eigenvalue weighted by Crippen LogP contribution is -2.19. The Bertz CT molecular complexity index is 402. The first-order valence-corrected chi connectivity index (χ1v) is 5.59. The van der Waals surface area contributed by atoms with Gasteiger partial charge >= 0.3 is 14.8 Å². The summed E-state index contributed by atoms with van der Waals surface area (Å²) < 4.78 is 52.9. The molecule has 14 heavy (non-hydrogen) atoms. The number of hydrogen-bond donors (Lipinski definition) is 0. The quantitative estimate of drug-likeness (QED) is 0.603. The third-order valence-electron chi connectivity index (χ3n) is 1.26. The van der Waals surface area contributed by atoms with Gasteiger partial charge in [0.25, 0.3) is 0 Å². The van der Waals surface area contributed by atoms with Crippen molar-refractivity contribution in [1.82, 2.24) is 0 Å². The Labute approximate surface area is 83.3 Å². The van der Waals surface area contributed by atoms with Gasteiger partial charge in [-0.3, -0.25) is 0 Å². The van der Waals surface area contributed by atoms with Gasteiger partial charge in [0.1, 0.15) is 0 Å². The molecule has 1 aromatic rings. The van der Waals surface area contributed by atoms with Crippen molar-refractivity contribution in [2.24, 2.45) is 0 Å². The third kappa shape index (κ3) is 2.65. The van der Waals surface area contributed by atoms with Crippen molar-refractivity contribution in [3.8, 4) is 0 Å². The zero-order chi connectivity index (χ0) is 10.8. The van der Waals surface area contributed by atoms with E-state index in [9.17, 15) is 21.1 Å². The van der Waals surface area contributed by atoms with Crippen LogP contribution in [0.15, 0.2) is 35.2 Å². The van der Waals surface area contributed by atoms with Crippen LogP contribution in [-0.4, -0.2) is 13.0 Å². The predicted octanol–water partition coefficient (Wildman–Crippen LogP) is 2.63. The van der Waals surface area contributed by atoms with Crippen molar-refractivity contribution in [1.29, 1.82) is 0 Å². The van der Waals surface area contributed by atoms with E-state index >= 15 is 0 Å². The molecule has 0 aliphatic carbocycles. The average Bonchev–Trinajstić information content (AvgIpc) is 2.03. The van der Waals surface area contributed by atoms with Crippen LogP contribution in [-0.2, 0) is 10.2 Å². The summed E-state index contributed by atoms with van der Waals surface area (Å²) >= 11 is -0.343. The number of thioether (sulfide) groups is 1. The van der Waals surface area contributed by atoms with Crippen LogP contribution < -0.4 is 0 Å². The zero-order valence-corrected chi connectivity index (χ0v) is 8.29. The van der Waals surface area contributed by atoms with E-state index in [1.165, 1.54) is 24.3 Å². The SMILES string of the molecule is O=S(=O)(F)C(F)(F)Sc1ccccc1. The largest absolute Gasteiger partial charge is 0.426 e. The molecule has 0 atom stereocenters. The molecule has 0 aliphatic heterocycles. The highest BCUT2D eigenvalue weighted by molar-refractivity contribution is 8.12. The Morgan fingerprint density at radius 2 is 1.64 bits per heavy atom. The molecule has 0 heterocycles. The van der Waals surface area contributed by atoms with Gasteiger partial charge in [-0.15, -0.1) is 0 Å². The van der Waals surface area contributed by atoms with E-state index in [0.29, 0.717) is 0 Å². The van der Waals surface area contributed by atoms with Gasteiger partial charge in [-0.2, -0.15) is 17.2 Å². The summed E-state index contributed by atoms with van der Waals surface area (Å²) in [7, 11) is -5.87. The molecule has 2 nitrogen and oxygen atoms in total. The Kier molecular flexibility index (Phi) is 3.10. The molecular weight excluding hydrogens is 237 g/mol.